The zero-order valence-corrected chi connectivity index (χ0v) is 9.85. The van der Waals surface area contributed by atoms with Gasteiger partial charge in [-0.25, -0.2) is 4.98 Å². The molecule has 0 spiro atoms. The van der Waals surface area contributed by atoms with Crippen molar-refractivity contribution in [2.24, 2.45) is 0 Å². The number of halogens is 1. The van der Waals surface area contributed by atoms with Crippen LogP contribution in [0.1, 0.15) is 0 Å². The van der Waals surface area contributed by atoms with Gasteiger partial charge in [-0.3, -0.25) is 0 Å². The van der Waals surface area contributed by atoms with Gasteiger partial charge in [0, 0.05) is 13.1 Å². The van der Waals surface area contributed by atoms with Crippen molar-refractivity contribution in [3.05, 3.63) is 22.8 Å². The molecule has 0 saturated carbocycles. The maximum atomic E-state index is 9.58. The first-order chi connectivity index (χ1) is 7.25. The van der Waals surface area contributed by atoms with Crippen molar-refractivity contribution in [3.63, 3.8) is 0 Å². The van der Waals surface area contributed by atoms with Crippen molar-refractivity contribution in [1.29, 1.82) is 0 Å². The molecule has 1 N–H and O–H groups in total. The fourth-order valence-electron chi connectivity index (χ4n) is 1.57. The summed E-state index contributed by atoms with van der Waals surface area (Å²) >= 11 is 3.33. The molecule has 1 fully saturated rings. The maximum Gasteiger partial charge on any atom is 0.130 e. The van der Waals surface area contributed by atoms with Crippen molar-refractivity contribution in [3.8, 4) is 0 Å². The van der Waals surface area contributed by atoms with Gasteiger partial charge in [-0.1, -0.05) is 6.07 Å². The van der Waals surface area contributed by atoms with Crippen LogP contribution in [-0.4, -0.2) is 42.5 Å². The number of rotatable bonds is 1. The van der Waals surface area contributed by atoms with Crippen LogP contribution in [0.3, 0.4) is 0 Å². The summed E-state index contributed by atoms with van der Waals surface area (Å²) in [4.78, 5) is 6.38. The number of anilines is 1. The van der Waals surface area contributed by atoms with Gasteiger partial charge in [0.25, 0.3) is 0 Å². The second-order valence-electron chi connectivity index (χ2n) is 3.49. The number of hydrogen-bond donors (Lipinski definition) is 1. The van der Waals surface area contributed by atoms with E-state index in [2.05, 4.69) is 20.9 Å². The third-order valence-electron chi connectivity index (χ3n) is 2.27. The van der Waals surface area contributed by atoms with E-state index >= 15 is 0 Å². The molecular formula is C10H13BrN2O2. The minimum absolute atomic E-state index is 0.407. The van der Waals surface area contributed by atoms with E-state index in [9.17, 15) is 5.11 Å². The minimum atomic E-state index is -0.437. The first-order valence-corrected chi connectivity index (χ1v) is 5.68. The van der Waals surface area contributed by atoms with E-state index < -0.39 is 6.10 Å². The second kappa shape index (κ2) is 4.92. The number of aliphatic hydroxyl groups is 1. The van der Waals surface area contributed by atoms with Gasteiger partial charge in [-0.2, -0.15) is 0 Å². The molecule has 0 radical (unpaired) electrons. The van der Waals surface area contributed by atoms with E-state index in [4.69, 9.17) is 4.74 Å². The van der Waals surface area contributed by atoms with Crippen LogP contribution in [0.5, 0.6) is 0 Å². The van der Waals surface area contributed by atoms with Crippen LogP contribution in [0.4, 0.5) is 5.82 Å². The molecule has 0 aromatic carbocycles. The summed E-state index contributed by atoms with van der Waals surface area (Å²) in [5.74, 6) is 0.869. The monoisotopic (exact) mass is 272 g/mol. The van der Waals surface area contributed by atoms with E-state index in [0.717, 1.165) is 17.0 Å². The fourth-order valence-corrected chi connectivity index (χ4v) is 1.91. The SMILES string of the molecule is OC1COCCN(c2cccc(Br)n2)C1. The van der Waals surface area contributed by atoms with Crippen molar-refractivity contribution in [1.82, 2.24) is 4.98 Å². The summed E-state index contributed by atoms with van der Waals surface area (Å²) in [5.41, 5.74) is 0. The molecule has 1 aliphatic heterocycles. The van der Waals surface area contributed by atoms with Gasteiger partial charge in [0.15, 0.2) is 0 Å². The molecule has 82 valence electrons. The molecule has 1 aromatic rings. The summed E-state index contributed by atoms with van der Waals surface area (Å²) in [7, 11) is 0. The molecule has 1 aliphatic rings. The summed E-state index contributed by atoms with van der Waals surface area (Å²) < 4.78 is 6.06. The molecule has 0 amide bonds. The van der Waals surface area contributed by atoms with Gasteiger partial charge in [0.05, 0.1) is 19.3 Å². The van der Waals surface area contributed by atoms with E-state index in [1.54, 1.807) is 0 Å². The highest BCUT2D eigenvalue weighted by Gasteiger charge is 2.17. The summed E-state index contributed by atoms with van der Waals surface area (Å²) in [6.45, 7) is 2.37. The van der Waals surface area contributed by atoms with Crippen LogP contribution in [0.15, 0.2) is 22.8 Å². The lowest BCUT2D eigenvalue weighted by atomic mass is 10.3. The zero-order valence-electron chi connectivity index (χ0n) is 8.27. The van der Waals surface area contributed by atoms with Gasteiger partial charge in [0.2, 0.25) is 0 Å². The lowest BCUT2D eigenvalue weighted by Gasteiger charge is -2.22. The number of aromatic nitrogens is 1. The highest BCUT2D eigenvalue weighted by atomic mass is 79.9. The molecule has 1 atom stereocenters. The highest BCUT2D eigenvalue weighted by Crippen LogP contribution is 2.16. The second-order valence-corrected chi connectivity index (χ2v) is 4.31. The normalized spacial score (nSPS) is 22.5. The first-order valence-electron chi connectivity index (χ1n) is 4.89. The van der Waals surface area contributed by atoms with E-state index in [1.807, 2.05) is 23.1 Å². The third-order valence-corrected chi connectivity index (χ3v) is 2.71. The molecule has 2 heterocycles. The number of pyridine rings is 1. The molecule has 1 saturated heterocycles. The van der Waals surface area contributed by atoms with Crippen LogP contribution in [-0.2, 0) is 4.74 Å². The summed E-state index contributed by atoms with van der Waals surface area (Å²) in [6.07, 6.45) is -0.437. The van der Waals surface area contributed by atoms with Gasteiger partial charge >= 0.3 is 0 Å². The van der Waals surface area contributed by atoms with Crippen LogP contribution in [0.2, 0.25) is 0 Å². The first kappa shape index (κ1) is 10.9. The predicted octanol–water partition coefficient (Wildman–Crippen LogP) is 1.04. The van der Waals surface area contributed by atoms with E-state index in [1.165, 1.54) is 0 Å². The lowest BCUT2D eigenvalue weighted by Crippen LogP contribution is -2.33. The standard InChI is InChI=1S/C10H13BrN2O2/c11-9-2-1-3-10(12-9)13-4-5-15-7-8(14)6-13/h1-3,8,14H,4-7H2. The van der Waals surface area contributed by atoms with E-state index in [-0.39, 0.29) is 0 Å². The molecule has 1 unspecified atom stereocenters. The Balaban J connectivity index is 2.14. The van der Waals surface area contributed by atoms with Crippen LogP contribution in [0, 0.1) is 0 Å². The molecule has 5 heteroatoms. The Morgan fingerprint density at radius 2 is 2.40 bits per heavy atom. The molecule has 15 heavy (non-hydrogen) atoms. The molecule has 1 aromatic heterocycles. The Kier molecular flexibility index (Phi) is 3.56. The largest absolute Gasteiger partial charge is 0.389 e. The lowest BCUT2D eigenvalue weighted by molar-refractivity contribution is 0.0597. The Labute approximate surface area is 97.0 Å². The zero-order chi connectivity index (χ0) is 10.7. The number of hydrogen-bond acceptors (Lipinski definition) is 4. The maximum absolute atomic E-state index is 9.58. The average Bonchev–Trinajstić information content (AvgIpc) is 2.43. The Hall–Kier alpha value is -0.650. The summed E-state index contributed by atoms with van der Waals surface area (Å²) in [5, 5.41) is 9.58. The molecule has 0 bridgehead atoms. The fraction of sp³-hybridized carbons (Fsp3) is 0.500. The Morgan fingerprint density at radius 3 is 3.20 bits per heavy atom. The smallest absolute Gasteiger partial charge is 0.130 e. The molecular weight excluding hydrogens is 260 g/mol. The van der Waals surface area contributed by atoms with Crippen molar-refractivity contribution < 1.29 is 9.84 Å². The number of β-amino-alcohol motifs (C(OH)–C–C–N with tert-alkyl or cyclic N) is 1. The number of nitrogens with zero attached hydrogens (tertiary/aromatic N) is 2. The minimum Gasteiger partial charge on any atom is -0.389 e. The van der Waals surface area contributed by atoms with Gasteiger partial charge in [-0.05, 0) is 28.1 Å². The number of aliphatic hydroxyl groups excluding tert-OH is 1. The van der Waals surface area contributed by atoms with E-state index in [0.29, 0.717) is 19.8 Å². The van der Waals surface area contributed by atoms with Crippen LogP contribution in [0.25, 0.3) is 0 Å². The quantitative estimate of drug-likeness (QED) is 0.777. The van der Waals surface area contributed by atoms with Gasteiger partial charge in [0.1, 0.15) is 10.4 Å². The Bertz CT molecular complexity index is 335. The van der Waals surface area contributed by atoms with Crippen molar-refractivity contribution in [2.45, 2.75) is 6.10 Å². The van der Waals surface area contributed by atoms with Crippen LogP contribution >= 0.6 is 15.9 Å². The molecule has 2 rings (SSSR count). The Morgan fingerprint density at radius 1 is 1.53 bits per heavy atom. The van der Waals surface area contributed by atoms with Crippen LogP contribution < -0.4 is 4.90 Å². The predicted molar refractivity (Wildman–Crippen MR) is 61.0 cm³/mol. The third kappa shape index (κ3) is 2.90. The van der Waals surface area contributed by atoms with Crippen molar-refractivity contribution in [2.75, 3.05) is 31.2 Å². The molecule has 0 aliphatic carbocycles. The van der Waals surface area contributed by atoms with Gasteiger partial charge < -0.3 is 14.7 Å². The number of ether oxygens (including phenoxy) is 1. The van der Waals surface area contributed by atoms with Crippen molar-refractivity contribution >= 4 is 21.7 Å². The highest BCUT2D eigenvalue weighted by molar-refractivity contribution is 9.10. The molecule has 4 nitrogen and oxygen atoms in total. The average molecular weight is 273 g/mol. The van der Waals surface area contributed by atoms with Gasteiger partial charge in [-0.15, -0.1) is 0 Å². The summed E-state index contributed by atoms with van der Waals surface area (Å²) in [6, 6.07) is 5.75. The topological polar surface area (TPSA) is 45.6 Å².